The molecule has 0 aliphatic heterocycles. The lowest BCUT2D eigenvalue weighted by Crippen LogP contribution is -2.17. The molecule has 5 heteroatoms. The summed E-state index contributed by atoms with van der Waals surface area (Å²) < 4.78 is 5.87. The molecule has 2 aromatic rings. The summed E-state index contributed by atoms with van der Waals surface area (Å²) in [5.74, 6) is 0.681. The summed E-state index contributed by atoms with van der Waals surface area (Å²) in [7, 11) is 1.54. The Labute approximate surface area is 121 Å². The minimum Gasteiger partial charge on any atom is -0.504 e. The Morgan fingerprint density at radius 3 is 2.79 bits per heavy atom. The summed E-state index contributed by atoms with van der Waals surface area (Å²) in [5.41, 5.74) is 0.814. The predicted molar refractivity (Wildman–Crippen MR) is 79.2 cm³/mol. The zero-order valence-electron chi connectivity index (χ0n) is 10.8. The van der Waals surface area contributed by atoms with Crippen molar-refractivity contribution in [2.45, 2.75) is 19.5 Å². The molecule has 0 bridgehead atoms. The van der Waals surface area contributed by atoms with Gasteiger partial charge in [-0.3, -0.25) is 0 Å². The van der Waals surface area contributed by atoms with Crippen molar-refractivity contribution < 1.29 is 9.84 Å². The van der Waals surface area contributed by atoms with Crippen molar-refractivity contribution in [3.05, 3.63) is 45.1 Å². The van der Waals surface area contributed by atoms with Crippen LogP contribution in [0, 0.1) is 0 Å². The Bertz CT molecular complexity index is 556. The molecule has 0 aliphatic carbocycles. The number of hydrogen-bond donors (Lipinski definition) is 2. The van der Waals surface area contributed by atoms with E-state index < -0.39 is 0 Å². The zero-order chi connectivity index (χ0) is 13.8. The van der Waals surface area contributed by atoms with Gasteiger partial charge < -0.3 is 15.2 Å². The van der Waals surface area contributed by atoms with Gasteiger partial charge in [-0.05, 0) is 25.1 Å². The molecular weight excluding hydrogens is 282 g/mol. The third-order valence-electron chi connectivity index (χ3n) is 2.92. The van der Waals surface area contributed by atoms with Crippen molar-refractivity contribution in [3.8, 4) is 11.5 Å². The third-order valence-corrected chi connectivity index (χ3v) is 4.34. The van der Waals surface area contributed by atoms with Crippen LogP contribution in [0.3, 0.4) is 0 Å². The van der Waals surface area contributed by atoms with E-state index >= 15 is 0 Å². The molecule has 3 nitrogen and oxygen atoms in total. The maximum Gasteiger partial charge on any atom is 0.162 e. The van der Waals surface area contributed by atoms with Crippen LogP contribution in [0.4, 0.5) is 0 Å². The number of hydrogen-bond acceptors (Lipinski definition) is 4. The molecule has 0 radical (unpaired) electrons. The number of aromatic hydroxyl groups is 1. The second-order valence-electron chi connectivity index (χ2n) is 4.21. The highest BCUT2D eigenvalue weighted by Crippen LogP contribution is 2.30. The van der Waals surface area contributed by atoms with Crippen LogP contribution in [0.25, 0.3) is 0 Å². The predicted octanol–water partition coefficient (Wildman–Crippen LogP) is 3.97. The maximum absolute atomic E-state index is 9.99. The van der Waals surface area contributed by atoms with E-state index in [-0.39, 0.29) is 11.8 Å². The molecule has 0 saturated carbocycles. The first-order valence-electron chi connectivity index (χ1n) is 5.95. The summed E-state index contributed by atoms with van der Waals surface area (Å²) in [5, 5.41) is 13.3. The second-order valence-corrected chi connectivity index (χ2v) is 5.96. The maximum atomic E-state index is 9.99. The Morgan fingerprint density at radius 2 is 2.16 bits per heavy atom. The minimum atomic E-state index is 0.183. The van der Waals surface area contributed by atoms with E-state index in [2.05, 4.69) is 12.2 Å². The monoisotopic (exact) mass is 297 g/mol. The summed E-state index contributed by atoms with van der Waals surface area (Å²) in [4.78, 5) is 1.17. The SMILES string of the molecule is COc1cccc(CNC(C)c2ccc(Cl)s2)c1O. The number of rotatable bonds is 5. The van der Waals surface area contributed by atoms with Crippen LogP contribution < -0.4 is 10.1 Å². The minimum absolute atomic E-state index is 0.183. The summed E-state index contributed by atoms with van der Waals surface area (Å²) in [6.45, 7) is 2.64. The topological polar surface area (TPSA) is 41.5 Å². The molecule has 0 spiro atoms. The Kier molecular flexibility index (Phi) is 4.69. The fourth-order valence-electron chi connectivity index (χ4n) is 1.80. The van der Waals surface area contributed by atoms with E-state index in [9.17, 15) is 5.11 Å². The van der Waals surface area contributed by atoms with E-state index in [1.165, 1.54) is 4.88 Å². The van der Waals surface area contributed by atoms with E-state index in [0.717, 1.165) is 9.90 Å². The fraction of sp³-hybridized carbons (Fsp3) is 0.286. The molecule has 2 rings (SSSR count). The van der Waals surface area contributed by atoms with Crippen LogP contribution in [0.2, 0.25) is 4.34 Å². The average molecular weight is 298 g/mol. The molecule has 0 amide bonds. The Morgan fingerprint density at radius 1 is 1.37 bits per heavy atom. The molecule has 1 aromatic heterocycles. The van der Waals surface area contributed by atoms with Gasteiger partial charge in [-0.15, -0.1) is 11.3 Å². The van der Waals surface area contributed by atoms with Gasteiger partial charge in [-0.25, -0.2) is 0 Å². The highest BCUT2D eigenvalue weighted by Gasteiger charge is 2.11. The molecule has 0 aliphatic rings. The molecule has 1 atom stereocenters. The van der Waals surface area contributed by atoms with Gasteiger partial charge in [0.2, 0.25) is 0 Å². The van der Waals surface area contributed by atoms with Gasteiger partial charge in [0.15, 0.2) is 11.5 Å². The number of nitrogens with one attached hydrogen (secondary N) is 1. The quantitative estimate of drug-likeness (QED) is 0.877. The third kappa shape index (κ3) is 3.41. The van der Waals surface area contributed by atoms with Crippen molar-refractivity contribution in [3.63, 3.8) is 0 Å². The summed E-state index contributed by atoms with van der Waals surface area (Å²) in [6, 6.07) is 9.56. The first-order chi connectivity index (χ1) is 9.11. The number of phenolic OH excluding ortho intramolecular Hbond substituents is 1. The first kappa shape index (κ1) is 14.2. The standard InChI is InChI=1S/C14H16ClNO2S/c1-9(12-6-7-13(15)19-12)16-8-10-4-3-5-11(18-2)14(10)17/h3-7,9,16-17H,8H2,1-2H3. The van der Waals surface area contributed by atoms with Gasteiger partial charge in [-0.1, -0.05) is 23.7 Å². The first-order valence-corrected chi connectivity index (χ1v) is 7.14. The van der Waals surface area contributed by atoms with E-state index in [1.807, 2.05) is 24.3 Å². The number of phenols is 1. The highest BCUT2D eigenvalue weighted by atomic mass is 35.5. The van der Waals surface area contributed by atoms with Crippen molar-refractivity contribution in [2.24, 2.45) is 0 Å². The molecule has 1 aromatic carbocycles. The van der Waals surface area contributed by atoms with Crippen LogP contribution in [0.1, 0.15) is 23.4 Å². The van der Waals surface area contributed by atoms with E-state index in [0.29, 0.717) is 12.3 Å². The van der Waals surface area contributed by atoms with Crippen molar-refractivity contribution in [2.75, 3.05) is 7.11 Å². The summed E-state index contributed by atoms with van der Waals surface area (Å²) in [6.07, 6.45) is 0. The van der Waals surface area contributed by atoms with Gasteiger partial charge in [0, 0.05) is 23.0 Å². The van der Waals surface area contributed by atoms with Crippen LogP contribution in [-0.4, -0.2) is 12.2 Å². The normalized spacial score (nSPS) is 12.4. The number of benzene rings is 1. The van der Waals surface area contributed by atoms with Gasteiger partial charge in [0.05, 0.1) is 11.4 Å². The molecule has 0 fully saturated rings. The van der Waals surface area contributed by atoms with E-state index in [4.69, 9.17) is 16.3 Å². The fourth-order valence-corrected chi connectivity index (χ4v) is 2.89. The second kappa shape index (κ2) is 6.28. The van der Waals surface area contributed by atoms with E-state index in [1.54, 1.807) is 24.5 Å². The number of thiophene rings is 1. The molecule has 1 unspecified atom stereocenters. The van der Waals surface area contributed by atoms with Crippen LogP contribution in [0.15, 0.2) is 30.3 Å². The van der Waals surface area contributed by atoms with Crippen LogP contribution in [-0.2, 0) is 6.54 Å². The van der Waals surface area contributed by atoms with Gasteiger partial charge >= 0.3 is 0 Å². The smallest absolute Gasteiger partial charge is 0.162 e. The number of para-hydroxylation sites is 1. The Hall–Kier alpha value is -1.23. The molecule has 0 saturated heterocycles. The van der Waals surface area contributed by atoms with Gasteiger partial charge in [-0.2, -0.15) is 0 Å². The number of ether oxygens (including phenoxy) is 1. The van der Waals surface area contributed by atoms with Crippen molar-refractivity contribution in [1.29, 1.82) is 0 Å². The molecule has 1 heterocycles. The van der Waals surface area contributed by atoms with Crippen molar-refractivity contribution >= 4 is 22.9 Å². The molecule has 2 N–H and O–H groups in total. The number of halogens is 1. The van der Waals surface area contributed by atoms with Crippen molar-refractivity contribution in [1.82, 2.24) is 5.32 Å². The van der Waals surface area contributed by atoms with Crippen LogP contribution in [0.5, 0.6) is 11.5 Å². The lowest BCUT2D eigenvalue weighted by molar-refractivity contribution is 0.369. The number of methoxy groups -OCH3 is 1. The molecular formula is C14H16ClNO2S. The molecule has 102 valence electrons. The Balaban J connectivity index is 2.02. The lowest BCUT2D eigenvalue weighted by atomic mass is 10.1. The largest absolute Gasteiger partial charge is 0.504 e. The van der Waals surface area contributed by atoms with Gasteiger partial charge in [0.25, 0.3) is 0 Å². The van der Waals surface area contributed by atoms with Gasteiger partial charge in [0.1, 0.15) is 0 Å². The summed E-state index contributed by atoms with van der Waals surface area (Å²) >= 11 is 7.48. The molecule has 19 heavy (non-hydrogen) atoms. The average Bonchev–Trinajstić information content (AvgIpc) is 2.84. The zero-order valence-corrected chi connectivity index (χ0v) is 12.4. The van der Waals surface area contributed by atoms with Crippen LogP contribution >= 0.6 is 22.9 Å². The highest BCUT2D eigenvalue weighted by molar-refractivity contribution is 7.16. The lowest BCUT2D eigenvalue weighted by Gasteiger charge is -2.14.